The van der Waals surface area contributed by atoms with Crippen molar-refractivity contribution in [3.05, 3.63) is 48.6 Å². The highest BCUT2D eigenvalue weighted by molar-refractivity contribution is 7.22. The van der Waals surface area contributed by atoms with Gasteiger partial charge in [0.2, 0.25) is 11.8 Å². The molecule has 2 aromatic rings. The van der Waals surface area contributed by atoms with Gasteiger partial charge in [0.1, 0.15) is 0 Å². The van der Waals surface area contributed by atoms with E-state index in [0.717, 1.165) is 36.8 Å². The number of likely N-dealkylation sites (tertiary alicyclic amines) is 1. The number of carbonyl (C=O) groups is 4. The molecule has 0 bridgehead atoms. The Kier molecular flexibility index (Phi) is 8.87. The van der Waals surface area contributed by atoms with Crippen molar-refractivity contribution in [1.29, 1.82) is 0 Å². The van der Waals surface area contributed by atoms with Crippen LogP contribution in [0.25, 0.3) is 10.2 Å². The predicted molar refractivity (Wildman–Crippen MR) is 141 cm³/mol. The number of carboxylic acid groups (broad SMARTS) is 2. The van der Waals surface area contributed by atoms with E-state index in [4.69, 9.17) is 15.2 Å². The molecule has 12 heteroatoms. The van der Waals surface area contributed by atoms with Crippen LogP contribution in [0.2, 0.25) is 0 Å². The van der Waals surface area contributed by atoms with Gasteiger partial charge in [-0.05, 0) is 25.0 Å². The first-order valence-electron chi connectivity index (χ1n) is 12.4. The van der Waals surface area contributed by atoms with Gasteiger partial charge in [-0.15, -0.1) is 0 Å². The lowest BCUT2D eigenvalue weighted by Crippen LogP contribution is -2.50. The minimum absolute atomic E-state index is 0.1000. The maximum atomic E-state index is 12.6. The molecule has 1 unspecified atom stereocenters. The highest BCUT2D eigenvalue weighted by Crippen LogP contribution is 2.35. The van der Waals surface area contributed by atoms with Gasteiger partial charge in [0, 0.05) is 44.9 Å². The summed E-state index contributed by atoms with van der Waals surface area (Å²) in [7, 11) is 0. The highest BCUT2D eigenvalue weighted by atomic mass is 32.1. The second-order valence-corrected chi connectivity index (χ2v) is 10.4. The number of imide groups is 1. The number of piperazine rings is 1. The van der Waals surface area contributed by atoms with Crippen molar-refractivity contribution in [2.24, 2.45) is 11.8 Å². The molecule has 2 fully saturated rings. The van der Waals surface area contributed by atoms with Gasteiger partial charge in [-0.3, -0.25) is 19.4 Å². The van der Waals surface area contributed by atoms with E-state index in [0.29, 0.717) is 31.5 Å². The van der Waals surface area contributed by atoms with Crippen molar-refractivity contribution in [2.45, 2.75) is 18.9 Å². The Balaban J connectivity index is 0.000000368. The van der Waals surface area contributed by atoms with Gasteiger partial charge in [-0.1, -0.05) is 35.6 Å². The molecule has 202 valence electrons. The van der Waals surface area contributed by atoms with E-state index < -0.39 is 18.0 Å². The summed E-state index contributed by atoms with van der Waals surface area (Å²) < 4.78 is 1.20. The number of hydrogen-bond acceptors (Lipinski definition) is 9. The minimum Gasteiger partial charge on any atom is -0.478 e. The normalized spacial score (nSPS) is 22.4. The summed E-state index contributed by atoms with van der Waals surface area (Å²) >= 11 is 1.71. The Bertz CT molecular complexity index is 1180. The van der Waals surface area contributed by atoms with Gasteiger partial charge in [0.05, 0.1) is 34.7 Å². The fourth-order valence-electron chi connectivity index (χ4n) is 4.88. The number of carbonyl (C=O) groups excluding carboxylic acids is 2. The molecule has 2 amide bonds. The topological polar surface area (TPSA) is 152 Å². The smallest absolute Gasteiger partial charge is 0.328 e. The number of carboxylic acids is 2. The fraction of sp³-hybridized carbons (Fsp3) is 0.423. The SMILES string of the molecule is O=C(O)/C=C\C(=O)O.O=C1[C@H]2CC=CC[C@H]2C(=O)N1CC(O)CN1CCN(c2nc3ccccc3s2)CC1. The van der Waals surface area contributed by atoms with Crippen molar-refractivity contribution < 1.29 is 34.5 Å². The summed E-state index contributed by atoms with van der Waals surface area (Å²) in [5.41, 5.74) is 1.03. The van der Waals surface area contributed by atoms with Gasteiger partial charge in [0.25, 0.3) is 0 Å². The van der Waals surface area contributed by atoms with E-state index in [2.05, 4.69) is 15.9 Å². The number of thiazole rings is 1. The average molecular weight is 543 g/mol. The summed E-state index contributed by atoms with van der Waals surface area (Å²) in [5.74, 6) is -3.21. The molecule has 3 heterocycles. The third-order valence-corrected chi connectivity index (χ3v) is 7.85. The molecule has 1 aliphatic carbocycles. The lowest BCUT2D eigenvalue weighted by molar-refractivity contribution is -0.142. The summed E-state index contributed by atoms with van der Waals surface area (Å²) in [6.45, 7) is 3.92. The van der Waals surface area contributed by atoms with Gasteiger partial charge in [-0.25, -0.2) is 14.6 Å². The number of aromatic nitrogens is 1. The van der Waals surface area contributed by atoms with Gasteiger partial charge >= 0.3 is 11.9 Å². The lowest BCUT2D eigenvalue weighted by Gasteiger charge is -2.35. The van der Waals surface area contributed by atoms with Crippen molar-refractivity contribution >= 4 is 50.4 Å². The maximum absolute atomic E-state index is 12.6. The first kappa shape index (κ1) is 27.4. The van der Waals surface area contributed by atoms with E-state index >= 15 is 0 Å². The molecule has 38 heavy (non-hydrogen) atoms. The lowest BCUT2D eigenvalue weighted by atomic mass is 9.85. The number of rotatable bonds is 7. The number of nitrogens with zero attached hydrogens (tertiary/aromatic N) is 4. The van der Waals surface area contributed by atoms with Crippen LogP contribution in [0.1, 0.15) is 12.8 Å². The van der Waals surface area contributed by atoms with E-state index in [1.807, 2.05) is 30.4 Å². The molecule has 0 spiro atoms. The Morgan fingerprint density at radius 3 is 2.08 bits per heavy atom. The second-order valence-electron chi connectivity index (χ2n) is 9.36. The summed E-state index contributed by atoms with van der Waals surface area (Å²) in [4.78, 5) is 54.8. The monoisotopic (exact) mass is 542 g/mol. The van der Waals surface area contributed by atoms with E-state index in [9.17, 15) is 24.3 Å². The first-order chi connectivity index (χ1) is 18.2. The number of aliphatic hydroxyl groups excluding tert-OH is 1. The van der Waals surface area contributed by atoms with Gasteiger partial charge in [-0.2, -0.15) is 0 Å². The Labute approximate surface area is 223 Å². The number of aliphatic carboxylic acids is 2. The second kappa shape index (κ2) is 12.3. The number of aliphatic hydroxyl groups is 1. The molecule has 1 aromatic carbocycles. The molecular weight excluding hydrogens is 512 g/mol. The number of para-hydroxylation sites is 1. The van der Waals surface area contributed by atoms with E-state index in [-0.39, 0.29) is 30.2 Å². The van der Waals surface area contributed by atoms with Crippen molar-refractivity contribution in [1.82, 2.24) is 14.8 Å². The van der Waals surface area contributed by atoms with Crippen LogP contribution in [-0.2, 0) is 19.2 Å². The van der Waals surface area contributed by atoms with Gasteiger partial charge < -0.3 is 20.2 Å². The van der Waals surface area contributed by atoms with E-state index in [1.165, 1.54) is 9.60 Å². The molecule has 2 aliphatic heterocycles. The predicted octanol–water partition coefficient (Wildman–Crippen LogP) is 1.44. The molecule has 11 nitrogen and oxygen atoms in total. The standard InChI is InChI=1S/C22H26N4O3S.C4H4O4/c27-15(14-26-20(28)16-5-1-2-6-17(16)21(26)29)13-24-9-11-25(12-10-24)22-23-18-7-3-4-8-19(18)30-22;5-3(6)1-2-4(7)8/h1-4,7-8,15-17,27H,5-6,9-14H2;1-2H,(H,5,6)(H,7,8)/b;2-1-/t15?,16-,17+;. The van der Waals surface area contributed by atoms with Crippen LogP contribution in [0.3, 0.4) is 0 Å². The van der Waals surface area contributed by atoms with Crippen LogP contribution in [0, 0.1) is 11.8 Å². The van der Waals surface area contributed by atoms with Crippen LogP contribution in [-0.4, -0.2) is 99.2 Å². The molecule has 0 saturated carbocycles. The van der Waals surface area contributed by atoms with Crippen LogP contribution in [0.15, 0.2) is 48.6 Å². The number of β-amino-alcohol motifs (C(OH)–C–C–N with tert-alkyl or cyclic N) is 1. The van der Waals surface area contributed by atoms with Crippen molar-refractivity contribution in [3.8, 4) is 0 Å². The Morgan fingerprint density at radius 1 is 0.947 bits per heavy atom. The van der Waals surface area contributed by atoms with Crippen molar-refractivity contribution in [3.63, 3.8) is 0 Å². The Hall–Kier alpha value is -3.61. The third kappa shape index (κ3) is 6.63. The highest BCUT2D eigenvalue weighted by Gasteiger charge is 2.47. The molecule has 0 radical (unpaired) electrons. The van der Waals surface area contributed by atoms with Crippen LogP contribution in [0.5, 0.6) is 0 Å². The Morgan fingerprint density at radius 2 is 1.53 bits per heavy atom. The summed E-state index contributed by atoms with van der Waals surface area (Å²) in [6.07, 6.45) is 5.63. The quantitative estimate of drug-likeness (QED) is 0.266. The molecule has 5 rings (SSSR count). The molecule has 3 aliphatic rings. The molecular formula is C26H30N4O7S. The van der Waals surface area contributed by atoms with Crippen LogP contribution < -0.4 is 4.90 Å². The van der Waals surface area contributed by atoms with E-state index in [1.54, 1.807) is 11.3 Å². The number of fused-ring (bicyclic) bond motifs is 2. The average Bonchev–Trinajstić information content (AvgIpc) is 3.44. The number of amides is 2. The number of anilines is 1. The molecule has 3 N–H and O–H groups in total. The number of allylic oxidation sites excluding steroid dienone is 2. The summed E-state index contributed by atoms with van der Waals surface area (Å²) in [5, 5.41) is 27.2. The summed E-state index contributed by atoms with van der Waals surface area (Å²) in [6, 6.07) is 8.17. The van der Waals surface area contributed by atoms with Crippen molar-refractivity contribution in [2.75, 3.05) is 44.2 Å². The zero-order valence-corrected chi connectivity index (χ0v) is 21.5. The van der Waals surface area contributed by atoms with Crippen LogP contribution >= 0.6 is 11.3 Å². The minimum atomic E-state index is -1.26. The third-order valence-electron chi connectivity index (χ3n) is 6.76. The molecule has 2 saturated heterocycles. The zero-order valence-electron chi connectivity index (χ0n) is 20.7. The fourth-order valence-corrected chi connectivity index (χ4v) is 5.89. The molecule has 3 atom stereocenters. The zero-order chi connectivity index (χ0) is 27.2. The van der Waals surface area contributed by atoms with Crippen LogP contribution in [0.4, 0.5) is 5.13 Å². The number of benzene rings is 1. The number of hydrogen-bond donors (Lipinski definition) is 3. The maximum Gasteiger partial charge on any atom is 0.328 e. The first-order valence-corrected chi connectivity index (χ1v) is 13.2. The largest absolute Gasteiger partial charge is 0.478 e. The molecule has 1 aromatic heterocycles. The van der Waals surface area contributed by atoms with Gasteiger partial charge in [0.15, 0.2) is 5.13 Å².